The molecular formula is C22H23ClFN3O4S. The van der Waals surface area contributed by atoms with Crippen LogP contribution >= 0.6 is 11.6 Å². The molecule has 0 spiro atoms. The van der Waals surface area contributed by atoms with Crippen LogP contribution in [0.4, 0.5) is 4.39 Å². The lowest BCUT2D eigenvalue weighted by atomic mass is 10.1. The Balaban J connectivity index is 1.43. The highest BCUT2D eigenvalue weighted by Gasteiger charge is 2.30. The van der Waals surface area contributed by atoms with Crippen molar-refractivity contribution in [3.8, 4) is 0 Å². The van der Waals surface area contributed by atoms with E-state index in [9.17, 15) is 22.4 Å². The van der Waals surface area contributed by atoms with Crippen molar-refractivity contribution in [1.29, 1.82) is 0 Å². The van der Waals surface area contributed by atoms with Crippen LogP contribution in [0.3, 0.4) is 0 Å². The topological polar surface area (TPSA) is 78.0 Å². The molecule has 0 radical (unpaired) electrons. The highest BCUT2D eigenvalue weighted by atomic mass is 35.5. The predicted octanol–water partition coefficient (Wildman–Crippen LogP) is 2.86. The molecule has 4 rings (SSSR count). The van der Waals surface area contributed by atoms with Crippen LogP contribution in [0.1, 0.15) is 33.6 Å². The molecule has 2 heterocycles. The van der Waals surface area contributed by atoms with Gasteiger partial charge >= 0.3 is 0 Å². The first-order valence-electron chi connectivity index (χ1n) is 10.4. The quantitative estimate of drug-likeness (QED) is 0.675. The summed E-state index contributed by atoms with van der Waals surface area (Å²) in [5, 5.41) is 0.0459. The fourth-order valence-electron chi connectivity index (χ4n) is 4.00. The number of carbonyl (C=O) groups excluding carboxylic acids is 2. The number of rotatable bonds is 4. The standard InChI is InChI=1S/C22H23ClFN3O4S/c23-20-15-17(24)6-7-19(20)22(29)26-12-10-25(11-13-26)21(28)16-4-3-5-18(14-16)32(30,31)27-8-1-2-9-27/h3-7,14-15H,1-2,8-13H2. The molecule has 0 atom stereocenters. The van der Waals surface area contributed by atoms with Crippen LogP contribution in [0.25, 0.3) is 0 Å². The van der Waals surface area contributed by atoms with Crippen molar-refractivity contribution >= 4 is 33.4 Å². The third kappa shape index (κ3) is 4.51. The number of nitrogens with zero attached hydrogens (tertiary/aromatic N) is 3. The van der Waals surface area contributed by atoms with Gasteiger partial charge in [0.2, 0.25) is 10.0 Å². The molecule has 2 aliphatic heterocycles. The molecule has 0 bridgehead atoms. The molecule has 10 heteroatoms. The number of hydrogen-bond donors (Lipinski definition) is 0. The number of hydrogen-bond acceptors (Lipinski definition) is 4. The molecule has 7 nitrogen and oxygen atoms in total. The van der Waals surface area contributed by atoms with E-state index in [2.05, 4.69) is 0 Å². The van der Waals surface area contributed by atoms with E-state index in [1.54, 1.807) is 21.9 Å². The maximum Gasteiger partial charge on any atom is 0.255 e. The summed E-state index contributed by atoms with van der Waals surface area (Å²) in [6, 6.07) is 9.73. The van der Waals surface area contributed by atoms with Gasteiger partial charge in [0.15, 0.2) is 0 Å². The molecule has 0 saturated carbocycles. The maximum atomic E-state index is 13.3. The Bertz CT molecular complexity index is 1140. The first-order chi connectivity index (χ1) is 15.3. The van der Waals surface area contributed by atoms with Gasteiger partial charge in [-0.2, -0.15) is 4.31 Å². The predicted molar refractivity (Wildman–Crippen MR) is 118 cm³/mol. The van der Waals surface area contributed by atoms with Crippen molar-refractivity contribution in [2.45, 2.75) is 17.7 Å². The van der Waals surface area contributed by atoms with Crippen molar-refractivity contribution in [3.05, 3.63) is 64.4 Å². The van der Waals surface area contributed by atoms with Gasteiger partial charge in [-0.05, 0) is 49.2 Å². The normalized spacial score (nSPS) is 17.6. The second kappa shape index (κ2) is 9.17. The van der Waals surface area contributed by atoms with Crippen LogP contribution in [0.5, 0.6) is 0 Å². The molecule has 32 heavy (non-hydrogen) atoms. The first kappa shape index (κ1) is 22.7. The first-order valence-corrected chi connectivity index (χ1v) is 12.2. The molecule has 0 N–H and O–H groups in total. The van der Waals surface area contributed by atoms with E-state index in [1.807, 2.05) is 0 Å². The molecule has 0 unspecified atom stereocenters. The monoisotopic (exact) mass is 479 g/mol. The molecule has 2 aliphatic rings. The second-order valence-corrected chi connectivity index (χ2v) is 10.2. The highest BCUT2D eigenvalue weighted by Crippen LogP contribution is 2.23. The molecule has 2 amide bonds. The van der Waals surface area contributed by atoms with Gasteiger partial charge in [-0.15, -0.1) is 0 Å². The number of halogens is 2. The minimum absolute atomic E-state index is 0.0459. The van der Waals surface area contributed by atoms with Crippen molar-refractivity contribution < 1.29 is 22.4 Å². The summed E-state index contributed by atoms with van der Waals surface area (Å²) >= 11 is 6.00. The summed E-state index contributed by atoms with van der Waals surface area (Å²) in [7, 11) is -3.61. The minimum Gasteiger partial charge on any atom is -0.335 e. The van der Waals surface area contributed by atoms with Crippen LogP contribution in [0.15, 0.2) is 47.4 Å². The largest absolute Gasteiger partial charge is 0.335 e. The molecule has 0 aliphatic carbocycles. The van der Waals surface area contributed by atoms with Gasteiger partial charge < -0.3 is 9.80 Å². The lowest BCUT2D eigenvalue weighted by molar-refractivity contribution is 0.0535. The Morgan fingerprint density at radius 2 is 1.47 bits per heavy atom. The van der Waals surface area contributed by atoms with Crippen molar-refractivity contribution in [1.82, 2.24) is 14.1 Å². The molecule has 2 fully saturated rings. The van der Waals surface area contributed by atoms with Gasteiger partial charge in [0, 0.05) is 44.8 Å². The Labute approximate surface area is 191 Å². The second-order valence-electron chi connectivity index (χ2n) is 7.85. The van der Waals surface area contributed by atoms with E-state index in [4.69, 9.17) is 11.6 Å². The van der Waals surface area contributed by atoms with Gasteiger partial charge in [-0.25, -0.2) is 12.8 Å². The Morgan fingerprint density at radius 3 is 2.09 bits per heavy atom. The van der Waals surface area contributed by atoms with Crippen molar-refractivity contribution in [2.24, 2.45) is 0 Å². The van der Waals surface area contributed by atoms with E-state index in [-0.39, 0.29) is 27.3 Å². The number of piperazine rings is 1. The zero-order chi connectivity index (χ0) is 22.9. The summed E-state index contributed by atoms with van der Waals surface area (Å²) in [5.41, 5.74) is 0.513. The average molecular weight is 480 g/mol. The van der Waals surface area contributed by atoms with Crippen LogP contribution < -0.4 is 0 Å². The Hall–Kier alpha value is -2.49. The van der Waals surface area contributed by atoms with Crippen molar-refractivity contribution in [2.75, 3.05) is 39.3 Å². The van der Waals surface area contributed by atoms with E-state index in [1.165, 1.54) is 28.6 Å². The fourth-order valence-corrected chi connectivity index (χ4v) is 5.81. The summed E-state index contributed by atoms with van der Waals surface area (Å²) in [5.74, 6) is -1.12. The van der Waals surface area contributed by atoms with Crippen LogP contribution in [0, 0.1) is 5.82 Å². The number of carbonyl (C=O) groups is 2. The van der Waals surface area contributed by atoms with E-state index >= 15 is 0 Å². The Kier molecular flexibility index (Phi) is 6.50. The van der Waals surface area contributed by atoms with Crippen LogP contribution in [-0.4, -0.2) is 73.6 Å². The SMILES string of the molecule is O=C(c1cccc(S(=O)(=O)N2CCCC2)c1)N1CCN(C(=O)c2ccc(F)cc2Cl)CC1. The van der Waals surface area contributed by atoms with Gasteiger partial charge in [0.1, 0.15) is 5.82 Å². The fraction of sp³-hybridized carbons (Fsp3) is 0.364. The number of benzene rings is 2. The van der Waals surface area contributed by atoms with E-state index in [0.717, 1.165) is 18.9 Å². The minimum atomic E-state index is -3.61. The van der Waals surface area contributed by atoms with Crippen LogP contribution in [-0.2, 0) is 10.0 Å². The van der Waals surface area contributed by atoms with Gasteiger partial charge in [0.05, 0.1) is 15.5 Å². The number of amides is 2. The summed E-state index contributed by atoms with van der Waals surface area (Å²) in [4.78, 5) is 29.0. The maximum absolute atomic E-state index is 13.3. The lowest BCUT2D eigenvalue weighted by Gasteiger charge is -2.35. The summed E-state index contributed by atoms with van der Waals surface area (Å²) < 4.78 is 40.3. The van der Waals surface area contributed by atoms with E-state index < -0.39 is 15.8 Å². The average Bonchev–Trinajstić information content (AvgIpc) is 3.34. The molecular weight excluding hydrogens is 457 g/mol. The van der Waals surface area contributed by atoms with Gasteiger partial charge in [-0.3, -0.25) is 9.59 Å². The van der Waals surface area contributed by atoms with Gasteiger partial charge in [-0.1, -0.05) is 17.7 Å². The third-order valence-electron chi connectivity index (χ3n) is 5.80. The summed E-state index contributed by atoms with van der Waals surface area (Å²) in [6.45, 7) is 2.18. The molecule has 2 aromatic rings. The smallest absolute Gasteiger partial charge is 0.255 e. The molecule has 2 saturated heterocycles. The zero-order valence-electron chi connectivity index (χ0n) is 17.3. The van der Waals surface area contributed by atoms with Crippen molar-refractivity contribution in [3.63, 3.8) is 0 Å². The zero-order valence-corrected chi connectivity index (χ0v) is 18.9. The van der Waals surface area contributed by atoms with Crippen LogP contribution in [0.2, 0.25) is 5.02 Å². The number of sulfonamides is 1. The highest BCUT2D eigenvalue weighted by molar-refractivity contribution is 7.89. The summed E-state index contributed by atoms with van der Waals surface area (Å²) in [6.07, 6.45) is 1.67. The Morgan fingerprint density at radius 1 is 0.844 bits per heavy atom. The molecule has 170 valence electrons. The third-order valence-corrected chi connectivity index (χ3v) is 8.01. The lowest BCUT2D eigenvalue weighted by Crippen LogP contribution is -2.50. The molecule has 2 aromatic carbocycles. The molecule has 0 aromatic heterocycles. The van der Waals surface area contributed by atoms with E-state index in [0.29, 0.717) is 44.8 Å². The van der Waals surface area contributed by atoms with Gasteiger partial charge in [0.25, 0.3) is 11.8 Å².